The van der Waals surface area contributed by atoms with Crippen LogP contribution in [0.5, 0.6) is 5.75 Å². The number of hydrogen-bond acceptors (Lipinski definition) is 6. The fraction of sp³-hybridized carbons (Fsp3) is 0.588. The normalized spacial score (nSPS) is 25.7. The molecular weight excluding hydrogens is 377 g/mol. The molecule has 3 rings (SSSR count). The fourth-order valence-electron chi connectivity index (χ4n) is 3.54. The van der Waals surface area contributed by atoms with Gasteiger partial charge in [0.1, 0.15) is 21.8 Å². The first-order valence-corrected chi connectivity index (χ1v) is 10.7. The standard InChI is InChI=1S/C17H22FN3O5S/c18-12-8-13(20-16(23)15-14(22)2-1-5-19-15)10-21(9-12)17(24)11-3-6-27(25,26)7-4-11/h1-2,5,11-13,22H,3-4,6-10H2,(H,20,23)/t12-,13+/m1/s1. The predicted octanol–water partition coefficient (Wildman–Crippen LogP) is 0.281. The van der Waals surface area contributed by atoms with E-state index in [0.717, 1.165) is 0 Å². The van der Waals surface area contributed by atoms with Gasteiger partial charge < -0.3 is 15.3 Å². The minimum absolute atomic E-state index is 0.0323. The molecule has 27 heavy (non-hydrogen) atoms. The van der Waals surface area contributed by atoms with Crippen molar-refractivity contribution in [1.82, 2.24) is 15.2 Å². The third kappa shape index (κ3) is 4.74. The first kappa shape index (κ1) is 19.5. The Morgan fingerprint density at radius 1 is 1.26 bits per heavy atom. The fourth-order valence-corrected chi connectivity index (χ4v) is 5.03. The number of rotatable bonds is 3. The van der Waals surface area contributed by atoms with Crippen LogP contribution in [-0.2, 0) is 14.6 Å². The summed E-state index contributed by atoms with van der Waals surface area (Å²) in [5.41, 5.74) is -0.158. The number of pyridine rings is 1. The van der Waals surface area contributed by atoms with Gasteiger partial charge in [0.05, 0.1) is 18.1 Å². The van der Waals surface area contributed by atoms with Gasteiger partial charge in [-0.15, -0.1) is 0 Å². The summed E-state index contributed by atoms with van der Waals surface area (Å²) in [5, 5.41) is 12.3. The summed E-state index contributed by atoms with van der Waals surface area (Å²) in [7, 11) is -3.08. The average Bonchev–Trinajstić information content (AvgIpc) is 2.61. The lowest BCUT2D eigenvalue weighted by Crippen LogP contribution is -2.55. The lowest BCUT2D eigenvalue weighted by molar-refractivity contribution is -0.138. The summed E-state index contributed by atoms with van der Waals surface area (Å²) < 4.78 is 37.2. The maximum atomic E-state index is 14.2. The summed E-state index contributed by atoms with van der Waals surface area (Å²) in [4.78, 5) is 30.1. The molecule has 2 fully saturated rings. The molecule has 10 heteroatoms. The molecule has 2 atom stereocenters. The van der Waals surface area contributed by atoms with Crippen LogP contribution < -0.4 is 5.32 Å². The quantitative estimate of drug-likeness (QED) is 0.754. The maximum absolute atomic E-state index is 14.2. The minimum atomic E-state index is -3.08. The highest BCUT2D eigenvalue weighted by atomic mass is 32.2. The van der Waals surface area contributed by atoms with E-state index in [0.29, 0.717) is 0 Å². The van der Waals surface area contributed by atoms with Crippen LogP contribution in [0.25, 0.3) is 0 Å². The van der Waals surface area contributed by atoms with Crippen molar-refractivity contribution < 1.29 is 27.5 Å². The molecule has 0 spiro atoms. The highest BCUT2D eigenvalue weighted by Gasteiger charge is 2.36. The molecule has 0 aliphatic carbocycles. The highest BCUT2D eigenvalue weighted by molar-refractivity contribution is 7.91. The minimum Gasteiger partial charge on any atom is -0.505 e. The van der Waals surface area contributed by atoms with Crippen molar-refractivity contribution in [3.8, 4) is 5.75 Å². The van der Waals surface area contributed by atoms with Crippen LogP contribution in [0, 0.1) is 5.92 Å². The first-order chi connectivity index (χ1) is 12.7. The van der Waals surface area contributed by atoms with Crippen LogP contribution in [0.2, 0.25) is 0 Å². The molecule has 1 aromatic rings. The Kier molecular flexibility index (Phi) is 5.64. The second-order valence-electron chi connectivity index (χ2n) is 7.04. The van der Waals surface area contributed by atoms with E-state index < -0.39 is 33.9 Å². The van der Waals surface area contributed by atoms with Gasteiger partial charge in [-0.25, -0.2) is 17.8 Å². The second-order valence-corrected chi connectivity index (χ2v) is 9.35. The largest absolute Gasteiger partial charge is 0.505 e. The molecule has 0 aromatic carbocycles. The lowest BCUT2D eigenvalue weighted by Gasteiger charge is -2.37. The number of amides is 2. The van der Waals surface area contributed by atoms with Gasteiger partial charge in [-0.3, -0.25) is 9.59 Å². The first-order valence-electron chi connectivity index (χ1n) is 8.83. The summed E-state index contributed by atoms with van der Waals surface area (Å²) >= 11 is 0. The van der Waals surface area contributed by atoms with E-state index in [-0.39, 0.29) is 61.2 Å². The Hall–Kier alpha value is -2.23. The van der Waals surface area contributed by atoms with Crippen LogP contribution in [0.15, 0.2) is 18.3 Å². The SMILES string of the molecule is O=C(N[C@H]1C[C@@H](F)CN(C(=O)C2CCS(=O)(=O)CC2)C1)c1ncccc1O. The number of piperidine rings is 1. The van der Waals surface area contributed by atoms with Crippen LogP contribution in [0.4, 0.5) is 4.39 Å². The second kappa shape index (κ2) is 7.79. The average molecular weight is 399 g/mol. The topological polar surface area (TPSA) is 117 Å². The van der Waals surface area contributed by atoms with Crippen LogP contribution >= 0.6 is 0 Å². The van der Waals surface area contributed by atoms with Crippen molar-refractivity contribution >= 4 is 21.7 Å². The van der Waals surface area contributed by atoms with Gasteiger partial charge in [-0.2, -0.15) is 0 Å². The third-order valence-electron chi connectivity index (χ3n) is 4.95. The molecule has 0 saturated carbocycles. The number of halogens is 1. The number of nitrogens with one attached hydrogen (secondary N) is 1. The van der Waals surface area contributed by atoms with Crippen LogP contribution in [0.1, 0.15) is 29.8 Å². The molecular formula is C17H22FN3O5S. The number of sulfone groups is 1. The van der Waals surface area contributed by atoms with Crippen molar-refractivity contribution in [3.63, 3.8) is 0 Å². The van der Waals surface area contributed by atoms with E-state index in [9.17, 15) is 27.5 Å². The van der Waals surface area contributed by atoms with E-state index in [4.69, 9.17) is 0 Å². The van der Waals surface area contributed by atoms with E-state index >= 15 is 0 Å². The molecule has 2 amide bonds. The lowest BCUT2D eigenvalue weighted by atomic mass is 9.97. The number of alkyl halides is 1. The summed E-state index contributed by atoms with van der Waals surface area (Å²) in [6, 6.07) is 2.20. The van der Waals surface area contributed by atoms with E-state index in [1.807, 2.05) is 0 Å². The number of carbonyl (C=O) groups excluding carboxylic acids is 2. The number of aromatic hydroxyl groups is 1. The zero-order chi connectivity index (χ0) is 19.6. The van der Waals surface area contributed by atoms with Gasteiger partial charge in [0.15, 0.2) is 5.69 Å². The van der Waals surface area contributed by atoms with Crippen molar-refractivity contribution in [2.24, 2.45) is 5.92 Å². The molecule has 2 aliphatic heterocycles. The molecule has 2 N–H and O–H groups in total. The Morgan fingerprint density at radius 2 is 1.96 bits per heavy atom. The Morgan fingerprint density at radius 3 is 2.63 bits per heavy atom. The van der Waals surface area contributed by atoms with E-state index in [1.165, 1.54) is 23.2 Å². The predicted molar refractivity (Wildman–Crippen MR) is 94.6 cm³/mol. The number of hydrogen-bond donors (Lipinski definition) is 2. The molecule has 2 saturated heterocycles. The molecule has 8 nitrogen and oxygen atoms in total. The number of nitrogens with zero attached hydrogens (tertiary/aromatic N) is 2. The van der Waals surface area contributed by atoms with Crippen LogP contribution in [0.3, 0.4) is 0 Å². The Labute approximate surface area is 156 Å². The molecule has 0 bridgehead atoms. The number of carbonyl (C=O) groups is 2. The molecule has 2 aliphatic rings. The van der Waals surface area contributed by atoms with Gasteiger partial charge in [-0.1, -0.05) is 0 Å². The van der Waals surface area contributed by atoms with Gasteiger partial charge in [0, 0.05) is 31.1 Å². The maximum Gasteiger partial charge on any atom is 0.274 e. The van der Waals surface area contributed by atoms with Crippen molar-refractivity contribution in [2.45, 2.75) is 31.5 Å². The zero-order valence-electron chi connectivity index (χ0n) is 14.7. The monoisotopic (exact) mass is 399 g/mol. The summed E-state index contributed by atoms with van der Waals surface area (Å²) in [6.45, 7) is 0.0745. The van der Waals surface area contributed by atoms with Gasteiger partial charge in [-0.05, 0) is 25.0 Å². The van der Waals surface area contributed by atoms with Crippen molar-refractivity contribution in [3.05, 3.63) is 24.0 Å². The third-order valence-corrected chi connectivity index (χ3v) is 6.67. The van der Waals surface area contributed by atoms with E-state index in [2.05, 4.69) is 10.3 Å². The summed E-state index contributed by atoms with van der Waals surface area (Å²) in [6.07, 6.45) is 0.612. The van der Waals surface area contributed by atoms with Gasteiger partial charge in [0.2, 0.25) is 5.91 Å². The van der Waals surface area contributed by atoms with Crippen LogP contribution in [-0.4, -0.2) is 72.0 Å². The number of aromatic nitrogens is 1. The molecule has 0 radical (unpaired) electrons. The number of likely N-dealkylation sites (tertiary alicyclic amines) is 1. The molecule has 1 aromatic heterocycles. The summed E-state index contributed by atoms with van der Waals surface area (Å²) in [5.74, 6) is -1.69. The molecule has 3 heterocycles. The van der Waals surface area contributed by atoms with Crippen molar-refractivity contribution in [2.75, 3.05) is 24.6 Å². The van der Waals surface area contributed by atoms with E-state index in [1.54, 1.807) is 0 Å². The molecule has 0 unspecified atom stereocenters. The van der Waals surface area contributed by atoms with Gasteiger partial charge in [0.25, 0.3) is 5.91 Å². The van der Waals surface area contributed by atoms with Gasteiger partial charge >= 0.3 is 0 Å². The Balaban J connectivity index is 1.63. The van der Waals surface area contributed by atoms with Crippen molar-refractivity contribution in [1.29, 1.82) is 0 Å². The zero-order valence-corrected chi connectivity index (χ0v) is 15.5. The molecule has 148 valence electrons. The smallest absolute Gasteiger partial charge is 0.274 e. The Bertz CT molecular complexity index is 818. The highest BCUT2D eigenvalue weighted by Crippen LogP contribution is 2.24.